The van der Waals surface area contributed by atoms with Crippen molar-refractivity contribution in [3.05, 3.63) is 24.2 Å². The third-order valence-corrected chi connectivity index (χ3v) is 9.59. The summed E-state index contributed by atoms with van der Waals surface area (Å²) in [6.07, 6.45) is -6.12. The second kappa shape index (κ2) is 13.4. The highest BCUT2D eigenvalue weighted by atomic mass is 16.7. The monoisotopic (exact) mass is 694 g/mol. The summed E-state index contributed by atoms with van der Waals surface area (Å²) in [5.41, 5.74) is -8.21. The summed E-state index contributed by atoms with van der Waals surface area (Å²) in [5, 5.41) is 12.7. The first-order chi connectivity index (χ1) is 22.6. The smallest absolute Gasteiger partial charge is 0.341 e. The van der Waals surface area contributed by atoms with E-state index in [4.69, 9.17) is 37.6 Å². The Labute approximate surface area is 284 Å². The van der Waals surface area contributed by atoms with Gasteiger partial charge in [0.2, 0.25) is 0 Å². The summed E-state index contributed by atoms with van der Waals surface area (Å²) in [7, 11) is 0. The van der Waals surface area contributed by atoms with E-state index in [0.29, 0.717) is 0 Å². The molecule has 1 spiro atoms. The molecule has 3 fully saturated rings. The van der Waals surface area contributed by atoms with Gasteiger partial charge in [-0.2, -0.15) is 0 Å². The fourth-order valence-electron chi connectivity index (χ4n) is 7.83. The fourth-order valence-corrected chi connectivity index (χ4v) is 7.83. The molecule has 2 heterocycles. The highest BCUT2D eigenvalue weighted by Gasteiger charge is 2.89. The van der Waals surface area contributed by atoms with Crippen LogP contribution in [0.25, 0.3) is 0 Å². The summed E-state index contributed by atoms with van der Waals surface area (Å²) in [6, 6.07) is 1.32. The molecule has 1 aromatic heterocycles. The van der Waals surface area contributed by atoms with Gasteiger partial charge in [-0.05, 0) is 26.8 Å². The van der Waals surface area contributed by atoms with E-state index in [2.05, 4.69) is 0 Å². The van der Waals surface area contributed by atoms with E-state index in [1.165, 1.54) is 19.3 Å². The minimum atomic E-state index is -2.29. The zero-order chi connectivity index (χ0) is 36.9. The van der Waals surface area contributed by atoms with Gasteiger partial charge in [-0.1, -0.05) is 27.7 Å². The van der Waals surface area contributed by atoms with Crippen LogP contribution in [0.1, 0.15) is 86.0 Å². The molecule has 1 aliphatic heterocycles. The molecule has 4 rings (SSSR count). The zero-order valence-electron chi connectivity index (χ0n) is 29.4. The van der Waals surface area contributed by atoms with Gasteiger partial charge in [-0.15, -0.1) is 0 Å². The predicted octanol–water partition coefficient (Wildman–Crippen LogP) is 2.69. The van der Waals surface area contributed by atoms with E-state index in [1.54, 1.807) is 41.5 Å². The number of aliphatic hydroxyl groups is 1. The molecule has 15 heteroatoms. The van der Waals surface area contributed by atoms with Crippen LogP contribution >= 0.6 is 0 Å². The Morgan fingerprint density at radius 1 is 0.816 bits per heavy atom. The Bertz CT molecular complexity index is 1460. The first-order valence-corrected chi connectivity index (χ1v) is 16.2. The third-order valence-electron chi connectivity index (χ3n) is 9.59. The average Bonchev–Trinajstić information content (AvgIpc) is 3.56. The number of furan rings is 1. The predicted molar refractivity (Wildman–Crippen MR) is 164 cm³/mol. The van der Waals surface area contributed by atoms with Crippen molar-refractivity contribution in [1.29, 1.82) is 0 Å². The van der Waals surface area contributed by atoms with Crippen molar-refractivity contribution in [2.24, 2.45) is 23.2 Å². The minimum Gasteiger partial charge on any atom is -0.472 e. The molecule has 2 bridgehead atoms. The van der Waals surface area contributed by atoms with E-state index >= 15 is 0 Å². The number of esters is 6. The second-order valence-electron chi connectivity index (χ2n) is 14.3. The van der Waals surface area contributed by atoms with E-state index in [9.17, 15) is 33.9 Å². The zero-order valence-corrected chi connectivity index (χ0v) is 29.4. The summed E-state index contributed by atoms with van der Waals surface area (Å²) in [4.78, 5) is 79.0. The van der Waals surface area contributed by atoms with Gasteiger partial charge in [0.05, 0.1) is 40.8 Å². The molecule has 1 aromatic rings. The summed E-state index contributed by atoms with van der Waals surface area (Å²) < 4.78 is 47.9. The number of hydrogen-bond donors (Lipinski definition) is 1. The van der Waals surface area contributed by atoms with Crippen LogP contribution in [0, 0.1) is 23.2 Å². The van der Waals surface area contributed by atoms with E-state index in [-0.39, 0.29) is 5.56 Å². The standard InChI is InChI=1S/C34H46O15/c1-16(2)28(38)43-15-33-25(45-19(6)36)22(44-18(5)35)13-32(10,41)34(33)26(46-20(7)37)23(31(8,9)49-34)24(47-29(39)17(3)4)27(33)48-30(40)21-11-12-42-14-21/h11-12,14,16-17,22-27,41H,13,15H2,1-10H3. The second-order valence-corrected chi connectivity index (χ2v) is 14.3. The van der Waals surface area contributed by atoms with Crippen LogP contribution in [0.15, 0.2) is 23.0 Å². The number of hydrogen-bond acceptors (Lipinski definition) is 15. The highest BCUT2D eigenvalue weighted by molar-refractivity contribution is 5.89. The van der Waals surface area contributed by atoms with Gasteiger partial charge in [0.25, 0.3) is 0 Å². The van der Waals surface area contributed by atoms with Crippen molar-refractivity contribution in [1.82, 2.24) is 0 Å². The molecular formula is C34H46O15. The maximum absolute atomic E-state index is 13.9. The van der Waals surface area contributed by atoms with E-state index in [1.807, 2.05) is 0 Å². The molecular weight excluding hydrogens is 648 g/mol. The molecule has 2 saturated carbocycles. The van der Waals surface area contributed by atoms with Crippen LogP contribution in [-0.4, -0.2) is 94.9 Å². The van der Waals surface area contributed by atoms with Crippen molar-refractivity contribution in [2.75, 3.05) is 6.61 Å². The van der Waals surface area contributed by atoms with Gasteiger partial charge in [0.15, 0.2) is 17.8 Å². The molecule has 1 N–H and O–H groups in total. The van der Waals surface area contributed by atoms with Gasteiger partial charge in [-0.25, -0.2) is 4.79 Å². The molecule has 9 unspecified atom stereocenters. The Morgan fingerprint density at radius 2 is 1.39 bits per heavy atom. The number of ether oxygens (including phenoxy) is 7. The van der Waals surface area contributed by atoms with Crippen LogP contribution in [0.3, 0.4) is 0 Å². The molecule has 49 heavy (non-hydrogen) atoms. The third kappa shape index (κ3) is 6.42. The van der Waals surface area contributed by atoms with Crippen molar-refractivity contribution in [3.8, 4) is 0 Å². The maximum atomic E-state index is 13.9. The normalized spacial score (nSPS) is 34.4. The first-order valence-electron chi connectivity index (χ1n) is 16.2. The van der Waals surface area contributed by atoms with Crippen LogP contribution in [0.4, 0.5) is 0 Å². The fraction of sp³-hybridized carbons (Fsp3) is 0.706. The molecule has 1 saturated heterocycles. The minimum absolute atomic E-state index is 0.0601. The number of carbonyl (C=O) groups is 6. The van der Waals surface area contributed by atoms with Crippen molar-refractivity contribution < 1.29 is 71.4 Å². The van der Waals surface area contributed by atoms with Gasteiger partial charge in [0, 0.05) is 27.2 Å². The van der Waals surface area contributed by atoms with Gasteiger partial charge < -0.3 is 42.7 Å². The Balaban J connectivity index is 2.20. The quantitative estimate of drug-likeness (QED) is 0.277. The Hall–Kier alpha value is -3.98. The average molecular weight is 695 g/mol. The molecule has 2 aliphatic carbocycles. The lowest BCUT2D eigenvalue weighted by Crippen LogP contribution is -2.85. The maximum Gasteiger partial charge on any atom is 0.341 e. The van der Waals surface area contributed by atoms with Gasteiger partial charge in [0.1, 0.15) is 36.6 Å². The van der Waals surface area contributed by atoms with Crippen molar-refractivity contribution >= 4 is 35.8 Å². The first kappa shape index (κ1) is 37.8. The van der Waals surface area contributed by atoms with Gasteiger partial charge >= 0.3 is 35.8 Å². The van der Waals surface area contributed by atoms with Crippen LogP contribution < -0.4 is 0 Å². The molecule has 272 valence electrons. The van der Waals surface area contributed by atoms with Crippen LogP contribution in [0.2, 0.25) is 0 Å². The molecule has 0 radical (unpaired) electrons. The Kier molecular flexibility index (Phi) is 10.3. The largest absolute Gasteiger partial charge is 0.472 e. The van der Waals surface area contributed by atoms with Gasteiger partial charge in [-0.3, -0.25) is 24.0 Å². The molecule has 9 atom stereocenters. The molecule has 3 aliphatic rings. The molecule has 0 amide bonds. The summed E-state index contributed by atoms with van der Waals surface area (Å²) >= 11 is 0. The van der Waals surface area contributed by atoms with E-state index in [0.717, 1.165) is 27.0 Å². The summed E-state index contributed by atoms with van der Waals surface area (Å²) in [5.74, 6) is -7.56. The summed E-state index contributed by atoms with van der Waals surface area (Å²) in [6.45, 7) is 13.3. The topological polar surface area (TPSA) is 200 Å². The lowest BCUT2D eigenvalue weighted by Gasteiger charge is -2.66. The lowest BCUT2D eigenvalue weighted by molar-refractivity contribution is -0.363. The van der Waals surface area contributed by atoms with Crippen molar-refractivity contribution in [3.63, 3.8) is 0 Å². The Morgan fingerprint density at radius 3 is 1.90 bits per heavy atom. The van der Waals surface area contributed by atoms with Crippen LogP contribution in [-0.2, 0) is 57.1 Å². The molecule has 0 aromatic carbocycles. The number of carbonyl (C=O) groups excluding carboxylic acids is 6. The number of fused-ring (bicyclic) bond motifs is 1. The van der Waals surface area contributed by atoms with Crippen molar-refractivity contribution in [2.45, 2.75) is 123 Å². The van der Waals surface area contributed by atoms with E-state index < -0.39 is 119 Å². The number of rotatable bonds is 10. The molecule has 15 nitrogen and oxygen atoms in total. The SMILES string of the molecule is CC(=O)OC1CC(C)(O)C23OC(C)(C)C(C(OC(=O)C(C)C)C(OC(=O)c4ccoc4)C2(COC(=O)C(C)C)C1OC(C)=O)C3OC(C)=O. The lowest BCUT2D eigenvalue weighted by atomic mass is 9.45. The highest BCUT2D eigenvalue weighted by Crippen LogP contribution is 2.69. The van der Waals surface area contributed by atoms with Crippen LogP contribution in [0.5, 0.6) is 0 Å².